The van der Waals surface area contributed by atoms with Gasteiger partial charge in [0.2, 0.25) is 0 Å². The van der Waals surface area contributed by atoms with Gasteiger partial charge in [-0.3, -0.25) is 0 Å². The van der Waals surface area contributed by atoms with Crippen molar-refractivity contribution in [2.75, 3.05) is 0 Å². The molecule has 0 aromatic heterocycles. The monoisotopic (exact) mass is 264 g/mol. The molecule has 18 heavy (non-hydrogen) atoms. The van der Waals surface area contributed by atoms with E-state index in [0.29, 0.717) is 0 Å². The van der Waals surface area contributed by atoms with Gasteiger partial charge in [-0.2, -0.15) is 0 Å². The van der Waals surface area contributed by atoms with E-state index in [4.69, 9.17) is 0 Å². The van der Waals surface area contributed by atoms with Crippen LogP contribution in [0.4, 0.5) is 0 Å². The summed E-state index contributed by atoms with van der Waals surface area (Å²) in [6.45, 7) is 4.07. The fraction of sp³-hybridized carbons (Fsp3) is 0.250. The average Bonchev–Trinajstić information content (AvgIpc) is 2.40. The van der Waals surface area contributed by atoms with Gasteiger partial charge in [-0.1, -0.05) is 67.4 Å². The summed E-state index contributed by atoms with van der Waals surface area (Å²) in [6.07, 6.45) is 1.60. The molecule has 0 saturated carbocycles. The molecule has 2 aromatic rings. The van der Waals surface area contributed by atoms with Gasteiger partial charge < -0.3 is 5.11 Å². The topological polar surface area (TPSA) is 23.1 Å². The van der Waals surface area contributed by atoms with Crippen LogP contribution in [0.3, 0.4) is 0 Å². The number of hydrogen-bond acceptors (Lipinski definition) is 1. The van der Waals surface area contributed by atoms with Crippen LogP contribution in [0.2, 0.25) is 0 Å². The van der Waals surface area contributed by atoms with Crippen LogP contribution in [0.15, 0.2) is 42.5 Å². The molecule has 0 radical (unpaired) electrons. The second-order valence-corrected chi connectivity index (χ2v) is 4.20. The Morgan fingerprint density at radius 1 is 0.833 bits per heavy atom. The summed E-state index contributed by atoms with van der Waals surface area (Å²) in [5.41, 5.74) is 4.17. The molecule has 2 heteroatoms. The van der Waals surface area contributed by atoms with Gasteiger partial charge in [0.25, 0.3) is 0 Å². The average molecular weight is 264 g/mol. The third kappa shape index (κ3) is 3.46. The maximum atomic E-state index is 12.0. The molecule has 2 rings (SSSR count). The van der Waals surface area contributed by atoms with E-state index in [2.05, 4.69) is 12.1 Å². The van der Waals surface area contributed by atoms with Crippen LogP contribution >= 0.6 is 0 Å². The fourth-order valence-electron chi connectivity index (χ4n) is 2.08. The predicted octanol–water partition coefficient (Wildman–Crippen LogP) is 0.556. The van der Waals surface area contributed by atoms with E-state index in [0.717, 1.165) is 29.5 Å². The molecule has 0 spiro atoms. The van der Waals surface area contributed by atoms with Gasteiger partial charge in [-0.25, -0.2) is 0 Å². The van der Waals surface area contributed by atoms with Crippen LogP contribution in [-0.4, -0.2) is 0 Å². The third-order valence-corrected chi connectivity index (χ3v) is 3.11. The molecule has 0 saturated heterocycles. The van der Waals surface area contributed by atoms with E-state index in [1.165, 1.54) is 5.56 Å². The summed E-state index contributed by atoms with van der Waals surface area (Å²) in [5, 5.41) is 12.0. The van der Waals surface area contributed by atoms with Crippen LogP contribution < -0.4 is 56.5 Å². The van der Waals surface area contributed by atoms with Crippen LogP contribution in [0, 0.1) is 0 Å². The number of rotatable bonds is 3. The normalized spacial score (nSPS) is 9.89. The Hall–Kier alpha value is -0.124. The summed E-state index contributed by atoms with van der Waals surface area (Å²) in [7, 11) is 0. The van der Waals surface area contributed by atoms with Crippen molar-refractivity contribution < 1.29 is 56.5 Å². The van der Waals surface area contributed by atoms with E-state index in [9.17, 15) is 5.11 Å². The Labute approximate surface area is 152 Å². The van der Waals surface area contributed by atoms with Gasteiger partial charge in [0.05, 0.1) is 0 Å². The van der Waals surface area contributed by atoms with Crippen molar-refractivity contribution in [2.45, 2.75) is 26.7 Å². The van der Waals surface area contributed by atoms with Gasteiger partial charge in [0.1, 0.15) is 0 Å². The molecule has 0 aliphatic heterocycles. The van der Waals surface area contributed by atoms with Crippen LogP contribution in [0.25, 0.3) is 11.1 Å². The molecule has 88 valence electrons. The minimum Gasteiger partial charge on any atom is -0.872 e. The van der Waals surface area contributed by atoms with Crippen LogP contribution in [-0.2, 0) is 12.8 Å². The SMILES string of the molecule is CCc1cc(-c2ccccc2)cc(CC)c1[O-].[K+]. The van der Waals surface area contributed by atoms with Crippen molar-refractivity contribution in [3.8, 4) is 16.9 Å². The molecule has 2 aromatic carbocycles. The number of aryl methyl sites for hydroxylation is 2. The van der Waals surface area contributed by atoms with Gasteiger partial charge in [-0.15, -0.1) is 5.75 Å². The van der Waals surface area contributed by atoms with Gasteiger partial charge in [-0.05, 0) is 24.0 Å². The first-order chi connectivity index (χ1) is 8.26. The Kier molecular flexibility index (Phi) is 6.60. The summed E-state index contributed by atoms with van der Waals surface area (Å²) in [6, 6.07) is 14.3. The first kappa shape index (κ1) is 15.9. The zero-order valence-electron chi connectivity index (χ0n) is 11.4. The molecular weight excluding hydrogens is 247 g/mol. The van der Waals surface area contributed by atoms with Crippen molar-refractivity contribution >= 4 is 0 Å². The van der Waals surface area contributed by atoms with Gasteiger partial charge in [0, 0.05) is 0 Å². The molecule has 0 amide bonds. The first-order valence-electron chi connectivity index (χ1n) is 6.14. The third-order valence-electron chi connectivity index (χ3n) is 3.11. The molecule has 1 nitrogen and oxygen atoms in total. The molecule has 0 bridgehead atoms. The zero-order chi connectivity index (χ0) is 12.3. The second-order valence-electron chi connectivity index (χ2n) is 4.20. The van der Waals surface area contributed by atoms with Crippen molar-refractivity contribution in [1.29, 1.82) is 0 Å². The molecule has 0 heterocycles. The second kappa shape index (κ2) is 7.46. The van der Waals surface area contributed by atoms with Crippen molar-refractivity contribution in [2.24, 2.45) is 0 Å². The van der Waals surface area contributed by atoms with Crippen LogP contribution in [0.5, 0.6) is 5.75 Å². The van der Waals surface area contributed by atoms with E-state index in [1.807, 2.05) is 44.2 Å². The molecule has 0 unspecified atom stereocenters. The maximum absolute atomic E-state index is 12.0. The number of benzene rings is 2. The van der Waals surface area contributed by atoms with Crippen LogP contribution in [0.1, 0.15) is 25.0 Å². The Morgan fingerprint density at radius 2 is 1.33 bits per heavy atom. The minimum absolute atomic E-state index is 0. The van der Waals surface area contributed by atoms with E-state index in [1.54, 1.807) is 0 Å². The van der Waals surface area contributed by atoms with Crippen molar-refractivity contribution in [3.63, 3.8) is 0 Å². The largest absolute Gasteiger partial charge is 1.00 e. The molecule has 0 aliphatic rings. The van der Waals surface area contributed by atoms with Crippen molar-refractivity contribution in [3.05, 3.63) is 53.6 Å². The maximum Gasteiger partial charge on any atom is 1.00 e. The standard InChI is InChI=1S/C16H18O.K/c1-3-12-10-15(11-13(4-2)16(12)17)14-8-6-5-7-9-14;/h5-11,17H,3-4H2,1-2H3;/q;+1/p-1. The molecule has 0 fully saturated rings. The summed E-state index contributed by atoms with van der Waals surface area (Å²) in [5.74, 6) is 0.217. The van der Waals surface area contributed by atoms with Crippen molar-refractivity contribution in [1.82, 2.24) is 0 Å². The zero-order valence-corrected chi connectivity index (χ0v) is 14.5. The summed E-state index contributed by atoms with van der Waals surface area (Å²) >= 11 is 0. The molecule has 0 N–H and O–H groups in total. The molecule has 0 aliphatic carbocycles. The van der Waals surface area contributed by atoms with E-state index < -0.39 is 0 Å². The molecular formula is C16H17KO. The van der Waals surface area contributed by atoms with E-state index >= 15 is 0 Å². The smallest absolute Gasteiger partial charge is 0.872 e. The predicted molar refractivity (Wildman–Crippen MR) is 70.1 cm³/mol. The quantitative estimate of drug-likeness (QED) is 0.743. The summed E-state index contributed by atoms with van der Waals surface area (Å²) < 4.78 is 0. The molecule has 0 atom stereocenters. The fourth-order valence-corrected chi connectivity index (χ4v) is 2.08. The Morgan fingerprint density at radius 3 is 1.78 bits per heavy atom. The first-order valence-corrected chi connectivity index (χ1v) is 6.14. The number of hydrogen-bond donors (Lipinski definition) is 0. The van der Waals surface area contributed by atoms with E-state index in [-0.39, 0.29) is 57.1 Å². The minimum atomic E-state index is 0. The Bertz CT molecular complexity index is 481. The van der Waals surface area contributed by atoms with Gasteiger partial charge >= 0.3 is 51.4 Å². The van der Waals surface area contributed by atoms with Gasteiger partial charge in [0.15, 0.2) is 0 Å². The summed E-state index contributed by atoms with van der Waals surface area (Å²) in [4.78, 5) is 0. The Balaban J connectivity index is 0.00000162.